The van der Waals surface area contributed by atoms with E-state index in [9.17, 15) is 9.18 Å². The van der Waals surface area contributed by atoms with E-state index in [0.29, 0.717) is 0 Å². The van der Waals surface area contributed by atoms with Gasteiger partial charge in [-0.1, -0.05) is 0 Å². The standard InChI is InChI=1S/C5H8FN2OSe/c1-2-3(6)4(9)8-5(7)10/h3H,2H2,1H3,(H2,7,8,9). The van der Waals surface area contributed by atoms with E-state index >= 15 is 0 Å². The van der Waals surface area contributed by atoms with Crippen molar-refractivity contribution >= 4 is 26.7 Å². The third kappa shape index (κ3) is 3.58. The third-order valence-corrected chi connectivity index (χ3v) is 1.09. The summed E-state index contributed by atoms with van der Waals surface area (Å²) in [5.74, 6) is -0.758. The van der Waals surface area contributed by atoms with Gasteiger partial charge >= 0.3 is 66.1 Å². The molecule has 5 heteroatoms. The van der Waals surface area contributed by atoms with Crippen molar-refractivity contribution in [1.82, 2.24) is 5.32 Å². The monoisotopic (exact) mass is 211 g/mol. The zero-order valence-corrected chi connectivity index (χ0v) is 7.19. The molecule has 0 aliphatic carbocycles. The van der Waals surface area contributed by atoms with E-state index in [1.807, 2.05) is 5.32 Å². The molecule has 3 nitrogen and oxygen atoms in total. The van der Waals surface area contributed by atoms with Gasteiger partial charge in [0.15, 0.2) is 0 Å². The Kier molecular flexibility index (Phi) is 4.23. The van der Waals surface area contributed by atoms with E-state index in [4.69, 9.17) is 5.41 Å². The molecule has 0 saturated heterocycles. The van der Waals surface area contributed by atoms with Crippen LogP contribution in [0.4, 0.5) is 4.39 Å². The summed E-state index contributed by atoms with van der Waals surface area (Å²) < 4.78 is 12.2. The maximum atomic E-state index is 12.4. The van der Waals surface area contributed by atoms with Crippen LogP contribution in [0.15, 0.2) is 0 Å². The molecule has 1 radical (unpaired) electrons. The van der Waals surface area contributed by atoms with Crippen molar-refractivity contribution in [2.75, 3.05) is 0 Å². The molecule has 0 saturated carbocycles. The molecule has 0 aromatic carbocycles. The summed E-state index contributed by atoms with van der Waals surface area (Å²) in [5, 5.41) is 8.75. The van der Waals surface area contributed by atoms with Crippen molar-refractivity contribution in [3.63, 3.8) is 0 Å². The molecule has 10 heavy (non-hydrogen) atoms. The number of carbonyl (C=O) groups excluding carboxylic acids is 1. The van der Waals surface area contributed by atoms with E-state index in [1.54, 1.807) is 6.92 Å². The normalized spacial score (nSPS) is 12.2. The van der Waals surface area contributed by atoms with Crippen LogP contribution in [0.25, 0.3) is 0 Å². The molecule has 0 rings (SSSR count). The number of amidine groups is 1. The molecule has 0 aromatic rings. The van der Waals surface area contributed by atoms with Crippen LogP contribution in [0.2, 0.25) is 0 Å². The first-order chi connectivity index (χ1) is 4.57. The molecule has 0 aliphatic rings. The molecule has 1 atom stereocenters. The van der Waals surface area contributed by atoms with Crippen molar-refractivity contribution in [3.05, 3.63) is 0 Å². The SMILES string of the molecule is CCC(F)C(=O)NC(=N)[Se]. The second kappa shape index (κ2) is 4.41. The van der Waals surface area contributed by atoms with Gasteiger partial charge in [0.25, 0.3) is 0 Å². The zero-order chi connectivity index (χ0) is 8.15. The summed E-state index contributed by atoms with van der Waals surface area (Å²) in [4.78, 5) is 10.5. The molecule has 0 fully saturated rings. The fraction of sp³-hybridized carbons (Fsp3) is 0.600. The number of hydrogen-bond acceptors (Lipinski definition) is 2. The summed E-state index contributed by atoms with van der Waals surface area (Å²) in [6.45, 7) is 1.56. The van der Waals surface area contributed by atoms with Crippen LogP contribution in [0.1, 0.15) is 13.3 Å². The van der Waals surface area contributed by atoms with Crippen LogP contribution in [-0.2, 0) is 4.79 Å². The second-order valence-electron chi connectivity index (χ2n) is 1.69. The fourth-order valence-electron chi connectivity index (χ4n) is 0.376. The van der Waals surface area contributed by atoms with Crippen LogP contribution in [0.3, 0.4) is 0 Å². The van der Waals surface area contributed by atoms with Gasteiger partial charge in [0.05, 0.1) is 0 Å². The third-order valence-electron chi connectivity index (χ3n) is 0.880. The first-order valence-electron chi connectivity index (χ1n) is 2.78. The number of hydrogen-bond donors (Lipinski definition) is 2. The van der Waals surface area contributed by atoms with Gasteiger partial charge in [-0.3, -0.25) is 0 Å². The molecule has 1 amide bonds. The Morgan fingerprint density at radius 2 is 2.40 bits per heavy atom. The molecule has 57 valence electrons. The predicted octanol–water partition coefficient (Wildman–Crippen LogP) is -0.0460. The number of amides is 1. The Balaban J connectivity index is 3.73. The summed E-state index contributed by atoms with van der Waals surface area (Å²) in [5.41, 5.74) is 0. The molecule has 2 N–H and O–H groups in total. The van der Waals surface area contributed by atoms with Gasteiger partial charge in [0.1, 0.15) is 0 Å². The summed E-state index contributed by atoms with van der Waals surface area (Å²) in [6.07, 6.45) is -1.37. The number of rotatable bonds is 2. The van der Waals surface area contributed by atoms with E-state index in [0.717, 1.165) is 0 Å². The van der Waals surface area contributed by atoms with Gasteiger partial charge in [-0.05, 0) is 0 Å². The molecule has 0 spiro atoms. The van der Waals surface area contributed by atoms with Crippen molar-refractivity contribution in [3.8, 4) is 0 Å². The van der Waals surface area contributed by atoms with E-state index in [1.165, 1.54) is 0 Å². The minimum atomic E-state index is -1.51. The van der Waals surface area contributed by atoms with Crippen molar-refractivity contribution in [2.24, 2.45) is 0 Å². The predicted molar refractivity (Wildman–Crippen MR) is 36.8 cm³/mol. The summed E-state index contributed by atoms with van der Waals surface area (Å²) >= 11 is 2.23. The Hall–Kier alpha value is -0.411. The Bertz CT molecular complexity index is 151. The first-order valence-corrected chi connectivity index (χ1v) is 3.64. The molecular formula is C5H8FN2OSe. The van der Waals surface area contributed by atoms with E-state index in [-0.39, 0.29) is 11.2 Å². The van der Waals surface area contributed by atoms with Gasteiger partial charge in [-0.2, -0.15) is 0 Å². The number of halogens is 1. The van der Waals surface area contributed by atoms with Gasteiger partial charge < -0.3 is 0 Å². The average Bonchev–Trinajstić information content (AvgIpc) is 1.85. The quantitative estimate of drug-likeness (QED) is 0.375. The van der Waals surface area contributed by atoms with Crippen molar-refractivity contribution in [2.45, 2.75) is 19.5 Å². The average molecular weight is 210 g/mol. The van der Waals surface area contributed by atoms with E-state index < -0.39 is 12.1 Å². The van der Waals surface area contributed by atoms with Crippen molar-refractivity contribution in [1.29, 1.82) is 5.41 Å². The molecule has 1 unspecified atom stereocenters. The molecule has 0 bridgehead atoms. The van der Waals surface area contributed by atoms with Gasteiger partial charge in [0.2, 0.25) is 0 Å². The van der Waals surface area contributed by atoms with Crippen LogP contribution in [0.5, 0.6) is 0 Å². The fourth-order valence-corrected chi connectivity index (χ4v) is 0.587. The van der Waals surface area contributed by atoms with E-state index in [2.05, 4.69) is 16.0 Å². The molecule has 0 heterocycles. The molecular weight excluding hydrogens is 202 g/mol. The Morgan fingerprint density at radius 3 is 2.70 bits per heavy atom. The van der Waals surface area contributed by atoms with Gasteiger partial charge in [0, 0.05) is 0 Å². The topological polar surface area (TPSA) is 53.0 Å². The number of alkyl halides is 1. The Morgan fingerprint density at radius 1 is 1.90 bits per heavy atom. The van der Waals surface area contributed by atoms with Crippen LogP contribution >= 0.6 is 0 Å². The molecule has 0 aromatic heterocycles. The maximum absolute atomic E-state index is 12.4. The first kappa shape index (κ1) is 9.59. The van der Waals surface area contributed by atoms with Crippen LogP contribution < -0.4 is 5.32 Å². The van der Waals surface area contributed by atoms with Crippen LogP contribution in [0, 0.1) is 5.41 Å². The summed E-state index contributed by atoms with van der Waals surface area (Å²) in [6, 6.07) is 0. The zero-order valence-electron chi connectivity index (χ0n) is 5.48. The van der Waals surface area contributed by atoms with Gasteiger partial charge in [-0.25, -0.2) is 0 Å². The molecule has 0 aliphatic heterocycles. The van der Waals surface area contributed by atoms with Gasteiger partial charge in [-0.15, -0.1) is 0 Å². The van der Waals surface area contributed by atoms with Crippen LogP contribution in [-0.4, -0.2) is 32.8 Å². The van der Waals surface area contributed by atoms with Crippen molar-refractivity contribution < 1.29 is 9.18 Å². The summed E-state index contributed by atoms with van der Waals surface area (Å²) in [7, 11) is 0. The second-order valence-corrected chi connectivity index (χ2v) is 2.55. The number of nitrogens with one attached hydrogen (secondary N) is 2. The Labute approximate surface area is 66.7 Å². The minimum absolute atomic E-state index is 0.138. The number of carbonyl (C=O) groups is 1.